The van der Waals surface area contributed by atoms with E-state index < -0.39 is 0 Å². The Bertz CT molecular complexity index is 951. The quantitative estimate of drug-likeness (QED) is 0.726. The highest BCUT2D eigenvalue weighted by atomic mass is 32.1. The number of amides is 1. The van der Waals surface area contributed by atoms with E-state index in [1.807, 2.05) is 25.1 Å². The molecule has 0 bridgehead atoms. The van der Waals surface area contributed by atoms with Crippen LogP contribution in [-0.2, 0) is 6.61 Å². The van der Waals surface area contributed by atoms with Crippen LogP contribution in [-0.4, -0.2) is 47.0 Å². The lowest BCUT2D eigenvalue weighted by Gasteiger charge is -2.29. The molecule has 1 aromatic carbocycles. The Kier molecular flexibility index (Phi) is 5.09. The van der Waals surface area contributed by atoms with Gasteiger partial charge in [0.05, 0.1) is 15.2 Å². The summed E-state index contributed by atoms with van der Waals surface area (Å²) in [6, 6.07) is 5.94. The van der Waals surface area contributed by atoms with Gasteiger partial charge in [-0.3, -0.25) is 4.79 Å². The van der Waals surface area contributed by atoms with E-state index in [4.69, 9.17) is 9.15 Å². The summed E-state index contributed by atoms with van der Waals surface area (Å²) < 4.78 is 12.3. The molecular weight excluding hydrogens is 364 g/mol. The first-order valence-electron chi connectivity index (χ1n) is 9.00. The molecular formula is C19H22N4O3S. The smallest absolute Gasteiger partial charge is 0.273 e. The molecule has 7 nitrogen and oxygen atoms in total. The van der Waals surface area contributed by atoms with E-state index >= 15 is 0 Å². The van der Waals surface area contributed by atoms with E-state index in [-0.39, 0.29) is 24.2 Å². The monoisotopic (exact) mass is 386 g/mol. The van der Waals surface area contributed by atoms with Gasteiger partial charge in [-0.05, 0) is 45.5 Å². The number of likely N-dealkylation sites (tertiary alicyclic amines) is 1. The first-order valence-corrected chi connectivity index (χ1v) is 9.82. The van der Waals surface area contributed by atoms with Gasteiger partial charge >= 0.3 is 0 Å². The summed E-state index contributed by atoms with van der Waals surface area (Å²) in [7, 11) is 2.06. The molecule has 2 aromatic heterocycles. The van der Waals surface area contributed by atoms with Gasteiger partial charge in [-0.15, -0.1) is 11.3 Å². The molecule has 8 heteroatoms. The van der Waals surface area contributed by atoms with Gasteiger partial charge in [0.15, 0.2) is 12.3 Å². The van der Waals surface area contributed by atoms with E-state index in [9.17, 15) is 4.79 Å². The van der Waals surface area contributed by atoms with Crippen molar-refractivity contribution in [2.24, 2.45) is 0 Å². The van der Waals surface area contributed by atoms with Crippen molar-refractivity contribution in [1.82, 2.24) is 20.2 Å². The van der Waals surface area contributed by atoms with Crippen molar-refractivity contribution in [2.45, 2.75) is 32.4 Å². The van der Waals surface area contributed by atoms with Crippen molar-refractivity contribution in [1.29, 1.82) is 0 Å². The Morgan fingerprint density at radius 1 is 1.44 bits per heavy atom. The molecule has 0 spiro atoms. The number of aromatic nitrogens is 2. The number of fused-ring (bicyclic) bond motifs is 1. The van der Waals surface area contributed by atoms with E-state index in [0.29, 0.717) is 11.6 Å². The second-order valence-corrected chi connectivity index (χ2v) is 8.09. The van der Waals surface area contributed by atoms with Crippen LogP contribution in [0.1, 0.15) is 34.2 Å². The number of aryl methyl sites for hydroxylation is 1. The maximum atomic E-state index is 12.4. The largest absolute Gasteiger partial charge is 0.484 e. The summed E-state index contributed by atoms with van der Waals surface area (Å²) in [6.45, 7) is 4.08. The van der Waals surface area contributed by atoms with Gasteiger partial charge in [-0.2, -0.15) is 0 Å². The number of carbonyl (C=O) groups is 1. The number of benzene rings is 1. The number of hydrogen-bond acceptors (Lipinski definition) is 7. The topological polar surface area (TPSA) is 80.5 Å². The average Bonchev–Trinajstić information content (AvgIpc) is 3.25. The third-order valence-corrected chi connectivity index (χ3v) is 5.52. The van der Waals surface area contributed by atoms with Crippen molar-refractivity contribution < 1.29 is 13.9 Å². The SMILES string of the molecule is Cc1nc2cc(OCc3nc(C(=O)N[C@@H]4CCCN(C)C4)co3)ccc2s1. The molecule has 27 heavy (non-hydrogen) atoms. The summed E-state index contributed by atoms with van der Waals surface area (Å²) in [4.78, 5) is 23.3. The third-order valence-electron chi connectivity index (χ3n) is 4.57. The first-order chi connectivity index (χ1) is 13.1. The molecule has 1 aliphatic heterocycles. The Morgan fingerprint density at radius 3 is 3.19 bits per heavy atom. The van der Waals surface area contributed by atoms with Crippen LogP contribution < -0.4 is 10.1 Å². The second kappa shape index (κ2) is 7.66. The molecule has 1 saturated heterocycles. The summed E-state index contributed by atoms with van der Waals surface area (Å²) >= 11 is 1.65. The van der Waals surface area contributed by atoms with Crippen molar-refractivity contribution in [3.05, 3.63) is 41.1 Å². The summed E-state index contributed by atoms with van der Waals surface area (Å²) in [5.74, 6) is 0.863. The van der Waals surface area contributed by atoms with Crippen LogP contribution in [0.15, 0.2) is 28.9 Å². The van der Waals surface area contributed by atoms with Gasteiger partial charge in [0.25, 0.3) is 5.91 Å². The number of likely N-dealkylation sites (N-methyl/N-ethyl adjacent to an activating group) is 1. The van der Waals surface area contributed by atoms with Gasteiger partial charge in [0.2, 0.25) is 5.89 Å². The maximum absolute atomic E-state index is 12.4. The maximum Gasteiger partial charge on any atom is 0.273 e. The van der Waals surface area contributed by atoms with Gasteiger partial charge < -0.3 is 19.4 Å². The zero-order valence-corrected chi connectivity index (χ0v) is 16.2. The van der Waals surface area contributed by atoms with Gasteiger partial charge in [-0.25, -0.2) is 9.97 Å². The Hall–Kier alpha value is -2.45. The number of thiazole rings is 1. The molecule has 1 atom stereocenters. The fourth-order valence-corrected chi connectivity index (χ4v) is 4.09. The van der Waals surface area contributed by atoms with Crippen molar-refractivity contribution in [2.75, 3.05) is 20.1 Å². The number of piperidine rings is 1. The number of carbonyl (C=O) groups excluding carboxylic acids is 1. The van der Waals surface area contributed by atoms with Crippen molar-refractivity contribution in [3.63, 3.8) is 0 Å². The van der Waals surface area contributed by atoms with Gasteiger partial charge in [0.1, 0.15) is 12.0 Å². The van der Waals surface area contributed by atoms with E-state index in [0.717, 1.165) is 41.2 Å². The predicted octanol–water partition coefficient (Wildman–Crippen LogP) is 3.00. The van der Waals surface area contributed by atoms with Crippen LogP contribution in [0.25, 0.3) is 10.2 Å². The Morgan fingerprint density at radius 2 is 2.33 bits per heavy atom. The molecule has 0 unspecified atom stereocenters. The molecule has 3 aromatic rings. The Labute approximate surface area is 161 Å². The predicted molar refractivity (Wildman–Crippen MR) is 103 cm³/mol. The molecule has 0 aliphatic carbocycles. The fourth-order valence-electron chi connectivity index (χ4n) is 3.28. The number of nitrogens with zero attached hydrogens (tertiary/aromatic N) is 3. The first kappa shape index (κ1) is 17.9. The molecule has 142 valence electrons. The molecule has 3 heterocycles. The second-order valence-electron chi connectivity index (χ2n) is 6.85. The van der Waals surface area contributed by atoms with Crippen LogP contribution in [0.5, 0.6) is 5.75 Å². The summed E-state index contributed by atoms with van der Waals surface area (Å²) in [5, 5.41) is 4.05. The highest BCUT2D eigenvalue weighted by Crippen LogP contribution is 2.26. The van der Waals surface area contributed by atoms with Crippen molar-refractivity contribution in [3.8, 4) is 5.75 Å². The highest BCUT2D eigenvalue weighted by molar-refractivity contribution is 7.18. The van der Waals surface area contributed by atoms with E-state index in [1.165, 1.54) is 6.26 Å². The number of nitrogens with one attached hydrogen (secondary N) is 1. The lowest BCUT2D eigenvalue weighted by atomic mass is 10.1. The number of rotatable bonds is 5. The van der Waals surface area contributed by atoms with Crippen LogP contribution in [0.2, 0.25) is 0 Å². The van der Waals surface area contributed by atoms with Crippen LogP contribution in [0.4, 0.5) is 0 Å². The average molecular weight is 386 g/mol. The van der Waals surface area contributed by atoms with Crippen molar-refractivity contribution >= 4 is 27.5 Å². The van der Waals surface area contributed by atoms with Gasteiger partial charge in [-0.1, -0.05) is 0 Å². The van der Waals surface area contributed by atoms with E-state index in [1.54, 1.807) is 11.3 Å². The van der Waals surface area contributed by atoms with Gasteiger partial charge in [0, 0.05) is 18.7 Å². The standard InChI is InChI=1S/C19H22N4O3S/c1-12-20-15-8-14(5-6-17(15)27-12)25-11-18-22-16(10-26-18)19(24)21-13-4-3-7-23(2)9-13/h5-6,8,10,13H,3-4,7,9,11H2,1-2H3,(H,21,24)/t13-/m1/s1. The lowest BCUT2D eigenvalue weighted by Crippen LogP contribution is -2.46. The number of hydrogen-bond donors (Lipinski definition) is 1. The van der Waals surface area contributed by atoms with E-state index in [2.05, 4.69) is 27.2 Å². The number of oxazole rings is 1. The number of ether oxygens (including phenoxy) is 1. The zero-order valence-electron chi connectivity index (χ0n) is 15.4. The zero-order chi connectivity index (χ0) is 18.8. The molecule has 0 saturated carbocycles. The normalized spacial score (nSPS) is 17.9. The molecule has 1 amide bonds. The fraction of sp³-hybridized carbons (Fsp3) is 0.421. The lowest BCUT2D eigenvalue weighted by molar-refractivity contribution is 0.0907. The Balaban J connectivity index is 1.35. The molecule has 1 fully saturated rings. The minimum atomic E-state index is -0.204. The van der Waals surface area contributed by atoms with Crippen LogP contribution >= 0.6 is 11.3 Å². The highest BCUT2D eigenvalue weighted by Gasteiger charge is 2.21. The minimum Gasteiger partial charge on any atom is -0.484 e. The van der Waals surface area contributed by atoms with Crippen LogP contribution in [0, 0.1) is 6.92 Å². The summed E-state index contributed by atoms with van der Waals surface area (Å²) in [5.41, 5.74) is 1.20. The minimum absolute atomic E-state index is 0.154. The molecule has 1 aliphatic rings. The third kappa shape index (κ3) is 4.28. The molecule has 1 N–H and O–H groups in total. The molecule has 0 radical (unpaired) electrons. The summed E-state index contributed by atoms with van der Waals surface area (Å²) in [6.07, 6.45) is 3.46. The van der Waals surface area contributed by atoms with Crippen LogP contribution in [0.3, 0.4) is 0 Å². The molecule has 4 rings (SSSR count).